The Kier molecular flexibility index (Phi) is 4.24. The van der Waals surface area contributed by atoms with E-state index in [1.165, 1.54) is 11.3 Å². The van der Waals surface area contributed by atoms with Gasteiger partial charge in [0.1, 0.15) is 11.5 Å². The number of thiazole rings is 1. The first-order chi connectivity index (χ1) is 12.2. The Hall–Kier alpha value is -2.65. The van der Waals surface area contributed by atoms with Gasteiger partial charge in [-0.1, -0.05) is 0 Å². The van der Waals surface area contributed by atoms with Gasteiger partial charge in [0.25, 0.3) is 5.91 Å². The van der Waals surface area contributed by atoms with Gasteiger partial charge in [0.2, 0.25) is 6.79 Å². The number of fused-ring (bicyclic) bond motifs is 1. The maximum Gasteiger partial charge on any atom is 0.276 e. The van der Waals surface area contributed by atoms with Gasteiger partial charge in [-0.2, -0.15) is 0 Å². The number of pyridine rings is 1. The lowest BCUT2D eigenvalue weighted by atomic mass is 10.3. The summed E-state index contributed by atoms with van der Waals surface area (Å²) in [5.41, 5.74) is 1.12. The van der Waals surface area contributed by atoms with Crippen LogP contribution < -0.4 is 20.1 Å². The fourth-order valence-electron chi connectivity index (χ4n) is 2.16. The second kappa shape index (κ2) is 6.69. The molecule has 9 heteroatoms. The first kappa shape index (κ1) is 15.9. The number of ether oxygens (including phenoxy) is 2. The highest BCUT2D eigenvalue weighted by Crippen LogP contribution is 2.35. The number of rotatable bonds is 4. The second-order valence-corrected chi connectivity index (χ2v) is 6.82. The Balaban J connectivity index is 1.44. The van der Waals surface area contributed by atoms with Gasteiger partial charge in [0, 0.05) is 27.8 Å². The van der Waals surface area contributed by atoms with Crippen molar-refractivity contribution in [2.24, 2.45) is 0 Å². The Morgan fingerprint density at radius 1 is 1.20 bits per heavy atom. The van der Waals surface area contributed by atoms with E-state index in [2.05, 4.69) is 36.5 Å². The van der Waals surface area contributed by atoms with E-state index < -0.39 is 0 Å². The van der Waals surface area contributed by atoms with Gasteiger partial charge in [-0.15, -0.1) is 11.3 Å². The van der Waals surface area contributed by atoms with Crippen molar-refractivity contribution in [3.05, 3.63) is 52.1 Å². The van der Waals surface area contributed by atoms with Gasteiger partial charge in [-0.05, 0) is 40.2 Å². The van der Waals surface area contributed by atoms with Gasteiger partial charge in [0.05, 0.1) is 0 Å². The SMILES string of the molecule is O=C(Nc1ccc(Br)cn1)c1csc(Nc2ccc3c(c2)OCO3)n1. The van der Waals surface area contributed by atoms with Crippen LogP contribution in [0.25, 0.3) is 0 Å². The van der Waals surface area contributed by atoms with Crippen LogP contribution in [-0.4, -0.2) is 22.7 Å². The zero-order valence-corrected chi connectivity index (χ0v) is 15.1. The molecule has 0 spiro atoms. The van der Waals surface area contributed by atoms with Gasteiger partial charge < -0.3 is 20.1 Å². The average Bonchev–Trinajstić information content (AvgIpc) is 3.26. The first-order valence-electron chi connectivity index (χ1n) is 7.22. The maximum absolute atomic E-state index is 12.2. The van der Waals surface area contributed by atoms with E-state index in [-0.39, 0.29) is 12.7 Å². The number of aromatic nitrogens is 2. The van der Waals surface area contributed by atoms with Crippen LogP contribution in [0.15, 0.2) is 46.4 Å². The highest BCUT2D eigenvalue weighted by molar-refractivity contribution is 9.10. The molecule has 0 unspecified atom stereocenters. The van der Waals surface area contributed by atoms with E-state index >= 15 is 0 Å². The molecule has 1 aliphatic heterocycles. The predicted octanol–water partition coefficient (Wildman–Crippen LogP) is 4.03. The van der Waals surface area contributed by atoms with Crippen LogP contribution in [-0.2, 0) is 0 Å². The molecular weight excluding hydrogens is 408 g/mol. The predicted molar refractivity (Wildman–Crippen MR) is 97.9 cm³/mol. The molecule has 2 N–H and O–H groups in total. The quantitative estimate of drug-likeness (QED) is 0.665. The summed E-state index contributed by atoms with van der Waals surface area (Å²) in [6.45, 7) is 0.227. The monoisotopic (exact) mass is 418 g/mol. The standard InChI is InChI=1S/C16H11BrN4O3S/c17-9-1-4-14(18-6-9)21-15(22)11-7-25-16(20-11)19-10-2-3-12-13(5-10)24-8-23-12/h1-7H,8H2,(H,19,20)(H,18,21,22). The van der Waals surface area contributed by atoms with Crippen LogP contribution in [0.1, 0.15) is 10.5 Å². The molecule has 0 aliphatic carbocycles. The van der Waals surface area contributed by atoms with Crippen molar-refractivity contribution in [1.82, 2.24) is 9.97 Å². The average molecular weight is 419 g/mol. The summed E-state index contributed by atoms with van der Waals surface area (Å²) in [5.74, 6) is 1.55. The van der Waals surface area contributed by atoms with Crippen molar-refractivity contribution in [3.8, 4) is 11.5 Å². The summed E-state index contributed by atoms with van der Waals surface area (Å²) in [5, 5.41) is 8.14. The number of benzene rings is 1. The molecule has 1 aromatic carbocycles. The van der Waals surface area contributed by atoms with E-state index in [9.17, 15) is 4.79 Å². The summed E-state index contributed by atoms with van der Waals surface area (Å²) >= 11 is 4.64. The number of hydrogen-bond acceptors (Lipinski definition) is 7. The first-order valence-corrected chi connectivity index (χ1v) is 8.90. The van der Waals surface area contributed by atoms with Crippen LogP contribution in [0.2, 0.25) is 0 Å². The van der Waals surface area contributed by atoms with Crippen LogP contribution >= 0.6 is 27.3 Å². The van der Waals surface area contributed by atoms with Gasteiger partial charge in [-0.25, -0.2) is 9.97 Å². The Bertz CT molecular complexity index is 929. The van der Waals surface area contributed by atoms with Crippen LogP contribution in [0.4, 0.5) is 16.6 Å². The van der Waals surface area contributed by atoms with Crippen LogP contribution in [0.3, 0.4) is 0 Å². The fourth-order valence-corrected chi connectivity index (χ4v) is 3.11. The molecule has 0 fully saturated rings. The molecule has 25 heavy (non-hydrogen) atoms. The maximum atomic E-state index is 12.2. The molecule has 0 atom stereocenters. The molecular formula is C16H11BrN4O3S. The smallest absolute Gasteiger partial charge is 0.276 e. The third kappa shape index (κ3) is 3.57. The summed E-state index contributed by atoms with van der Waals surface area (Å²) < 4.78 is 11.5. The molecule has 0 bridgehead atoms. The highest BCUT2D eigenvalue weighted by atomic mass is 79.9. The molecule has 1 aliphatic rings. The number of anilines is 3. The Morgan fingerprint density at radius 3 is 2.92 bits per heavy atom. The number of carbonyl (C=O) groups is 1. The van der Waals surface area contributed by atoms with Crippen molar-refractivity contribution in [1.29, 1.82) is 0 Å². The molecule has 2 aromatic heterocycles. The Labute approximate surface area is 155 Å². The third-order valence-corrected chi connectivity index (χ3v) is 4.56. The number of hydrogen-bond donors (Lipinski definition) is 2. The van der Waals surface area contributed by atoms with Crippen LogP contribution in [0.5, 0.6) is 11.5 Å². The van der Waals surface area contributed by atoms with Crippen molar-refractivity contribution in [3.63, 3.8) is 0 Å². The summed E-state index contributed by atoms with van der Waals surface area (Å²) in [6.07, 6.45) is 1.61. The van der Waals surface area contributed by atoms with Crippen LogP contribution in [0, 0.1) is 0 Å². The minimum atomic E-state index is -0.315. The zero-order chi connectivity index (χ0) is 17.2. The molecule has 0 radical (unpaired) electrons. The number of carbonyl (C=O) groups excluding carboxylic acids is 1. The fraction of sp³-hybridized carbons (Fsp3) is 0.0625. The second-order valence-electron chi connectivity index (χ2n) is 5.05. The molecule has 1 amide bonds. The molecule has 7 nitrogen and oxygen atoms in total. The number of nitrogens with one attached hydrogen (secondary N) is 2. The van der Waals surface area contributed by atoms with Crippen molar-refractivity contribution in [2.45, 2.75) is 0 Å². The Morgan fingerprint density at radius 2 is 2.08 bits per heavy atom. The lowest BCUT2D eigenvalue weighted by Gasteiger charge is -2.04. The number of nitrogens with zero attached hydrogens (tertiary/aromatic N) is 2. The van der Waals surface area contributed by atoms with E-state index in [1.807, 2.05) is 18.2 Å². The molecule has 126 valence electrons. The number of halogens is 1. The highest BCUT2D eigenvalue weighted by Gasteiger charge is 2.15. The number of amides is 1. The lowest BCUT2D eigenvalue weighted by Crippen LogP contribution is -2.13. The summed E-state index contributed by atoms with van der Waals surface area (Å²) in [7, 11) is 0. The normalized spacial score (nSPS) is 12.0. The molecule has 0 saturated carbocycles. The lowest BCUT2D eigenvalue weighted by molar-refractivity contribution is 0.102. The van der Waals surface area contributed by atoms with Gasteiger partial charge in [-0.3, -0.25) is 4.79 Å². The topological polar surface area (TPSA) is 85.4 Å². The van der Waals surface area contributed by atoms with Gasteiger partial charge in [0.15, 0.2) is 16.6 Å². The van der Waals surface area contributed by atoms with E-state index in [0.29, 0.717) is 28.1 Å². The summed E-state index contributed by atoms with van der Waals surface area (Å²) in [6, 6.07) is 9.02. The minimum Gasteiger partial charge on any atom is -0.454 e. The van der Waals surface area contributed by atoms with E-state index in [1.54, 1.807) is 23.7 Å². The van der Waals surface area contributed by atoms with Gasteiger partial charge >= 0.3 is 0 Å². The minimum absolute atomic E-state index is 0.227. The zero-order valence-electron chi connectivity index (χ0n) is 12.7. The summed E-state index contributed by atoms with van der Waals surface area (Å²) in [4.78, 5) is 20.6. The molecule has 3 aromatic rings. The molecule has 3 heterocycles. The van der Waals surface area contributed by atoms with Crippen molar-refractivity contribution < 1.29 is 14.3 Å². The van der Waals surface area contributed by atoms with Crippen molar-refractivity contribution >= 4 is 49.8 Å². The largest absolute Gasteiger partial charge is 0.454 e. The van der Waals surface area contributed by atoms with E-state index in [4.69, 9.17) is 9.47 Å². The third-order valence-electron chi connectivity index (χ3n) is 3.33. The van der Waals surface area contributed by atoms with Crippen molar-refractivity contribution in [2.75, 3.05) is 17.4 Å². The molecule has 0 saturated heterocycles. The molecule has 4 rings (SSSR count). The van der Waals surface area contributed by atoms with E-state index in [0.717, 1.165) is 10.2 Å².